The van der Waals surface area contributed by atoms with E-state index in [1.54, 1.807) is 12.1 Å². The van der Waals surface area contributed by atoms with Crippen LogP contribution >= 0.6 is 0 Å². The normalized spacial score (nSPS) is 13.0. The molecule has 0 spiro atoms. The zero-order valence-electron chi connectivity index (χ0n) is 11.1. The summed E-state index contributed by atoms with van der Waals surface area (Å²) < 4.78 is 0. The van der Waals surface area contributed by atoms with Gasteiger partial charge >= 0.3 is 5.97 Å². The van der Waals surface area contributed by atoms with Crippen LogP contribution in [-0.2, 0) is 19.4 Å². The molecular weight excluding hydrogens is 252 g/mol. The van der Waals surface area contributed by atoms with Crippen LogP contribution in [0.3, 0.4) is 0 Å². The van der Waals surface area contributed by atoms with Gasteiger partial charge in [-0.15, -0.1) is 0 Å². The highest BCUT2D eigenvalue weighted by atomic mass is 16.4. The number of pyridine rings is 1. The van der Waals surface area contributed by atoms with E-state index in [9.17, 15) is 4.79 Å². The van der Waals surface area contributed by atoms with Crippen molar-refractivity contribution in [2.75, 3.05) is 5.32 Å². The van der Waals surface area contributed by atoms with E-state index in [1.807, 2.05) is 0 Å². The van der Waals surface area contributed by atoms with E-state index < -0.39 is 5.97 Å². The number of aryl methyl sites for hydroxylation is 2. The molecule has 20 heavy (non-hydrogen) atoms. The Kier molecular flexibility index (Phi) is 3.37. The van der Waals surface area contributed by atoms with Gasteiger partial charge in [-0.3, -0.25) is 4.98 Å². The highest BCUT2D eigenvalue weighted by molar-refractivity contribution is 5.87. The van der Waals surface area contributed by atoms with Crippen molar-refractivity contribution in [1.29, 1.82) is 0 Å². The Labute approximate surface area is 117 Å². The van der Waals surface area contributed by atoms with E-state index in [-0.39, 0.29) is 5.56 Å². The van der Waals surface area contributed by atoms with Crippen LogP contribution in [0.5, 0.6) is 0 Å². The minimum atomic E-state index is -0.948. The zero-order valence-corrected chi connectivity index (χ0v) is 11.1. The first-order valence-electron chi connectivity index (χ1n) is 6.76. The van der Waals surface area contributed by atoms with Gasteiger partial charge in [0.15, 0.2) is 0 Å². The van der Waals surface area contributed by atoms with Crippen molar-refractivity contribution in [2.24, 2.45) is 0 Å². The van der Waals surface area contributed by atoms with Crippen molar-refractivity contribution in [2.45, 2.75) is 25.8 Å². The summed E-state index contributed by atoms with van der Waals surface area (Å²) in [5, 5.41) is 12.1. The van der Waals surface area contributed by atoms with Crippen LogP contribution < -0.4 is 5.32 Å². The first-order valence-corrected chi connectivity index (χ1v) is 6.76. The van der Waals surface area contributed by atoms with Crippen molar-refractivity contribution in [1.82, 2.24) is 4.98 Å². The van der Waals surface area contributed by atoms with Gasteiger partial charge in [0.2, 0.25) is 0 Å². The topological polar surface area (TPSA) is 62.2 Å². The molecule has 4 heteroatoms. The number of hydrogen-bond donors (Lipinski definition) is 2. The predicted octanol–water partition coefficient (Wildman–Crippen LogP) is 2.88. The summed E-state index contributed by atoms with van der Waals surface area (Å²) in [6, 6.07) is 9.80. The maximum Gasteiger partial charge on any atom is 0.337 e. The first kappa shape index (κ1) is 12.7. The number of aromatic carboxylic acids is 1. The first-order chi connectivity index (χ1) is 9.72. The molecule has 0 unspecified atom stereocenters. The molecule has 1 heterocycles. The molecule has 2 aromatic rings. The van der Waals surface area contributed by atoms with Crippen molar-refractivity contribution in [3.63, 3.8) is 0 Å². The number of carboxylic acids is 1. The van der Waals surface area contributed by atoms with Gasteiger partial charge in [-0.1, -0.05) is 6.07 Å². The number of benzene rings is 1. The van der Waals surface area contributed by atoms with Gasteiger partial charge in [-0.2, -0.15) is 0 Å². The second kappa shape index (κ2) is 5.33. The Morgan fingerprint density at radius 2 is 2.05 bits per heavy atom. The molecule has 0 aliphatic heterocycles. The van der Waals surface area contributed by atoms with E-state index in [1.165, 1.54) is 30.2 Å². The highest BCUT2D eigenvalue weighted by Crippen LogP contribution is 2.25. The lowest BCUT2D eigenvalue weighted by atomic mass is 10.1. The van der Waals surface area contributed by atoms with Crippen LogP contribution in [0.4, 0.5) is 5.69 Å². The number of carboxylic acid groups (broad SMARTS) is 1. The summed E-state index contributed by atoms with van der Waals surface area (Å²) >= 11 is 0. The molecule has 1 aliphatic carbocycles. The largest absolute Gasteiger partial charge is 0.478 e. The Bertz CT molecular complexity index is 635. The van der Waals surface area contributed by atoms with Crippen LogP contribution in [0, 0.1) is 0 Å². The molecule has 0 atom stereocenters. The van der Waals surface area contributed by atoms with Gasteiger partial charge in [-0.05, 0) is 54.7 Å². The minimum absolute atomic E-state index is 0.214. The van der Waals surface area contributed by atoms with Gasteiger partial charge in [0.25, 0.3) is 0 Å². The van der Waals surface area contributed by atoms with Crippen LogP contribution in [0.15, 0.2) is 36.5 Å². The number of anilines is 1. The summed E-state index contributed by atoms with van der Waals surface area (Å²) in [4.78, 5) is 14.9. The molecule has 102 valence electrons. The molecule has 2 N–H and O–H groups in total. The molecule has 0 radical (unpaired) electrons. The standard InChI is InChI=1S/C16H16N2O2/c19-16(20)13-5-7-15(17-9-13)10-18-14-6-4-11-2-1-3-12(11)8-14/h4-9,18H,1-3,10H2,(H,19,20). The van der Waals surface area contributed by atoms with Crippen molar-refractivity contribution in [3.05, 3.63) is 58.9 Å². The Balaban J connectivity index is 1.65. The lowest BCUT2D eigenvalue weighted by Gasteiger charge is -2.08. The predicted molar refractivity (Wildman–Crippen MR) is 77.0 cm³/mol. The minimum Gasteiger partial charge on any atom is -0.478 e. The number of carbonyl (C=O) groups is 1. The molecule has 1 aromatic heterocycles. The molecule has 3 rings (SSSR count). The fourth-order valence-corrected chi connectivity index (χ4v) is 2.53. The average molecular weight is 268 g/mol. The highest BCUT2D eigenvalue weighted by Gasteiger charge is 2.10. The average Bonchev–Trinajstić information content (AvgIpc) is 2.93. The summed E-state index contributed by atoms with van der Waals surface area (Å²) in [6.07, 6.45) is 4.99. The van der Waals surface area contributed by atoms with E-state index in [2.05, 4.69) is 28.5 Å². The van der Waals surface area contributed by atoms with Crippen molar-refractivity contribution >= 4 is 11.7 Å². The van der Waals surface area contributed by atoms with Gasteiger partial charge in [0.1, 0.15) is 0 Å². The van der Waals surface area contributed by atoms with E-state index in [0.717, 1.165) is 17.8 Å². The lowest BCUT2D eigenvalue weighted by Crippen LogP contribution is -2.04. The lowest BCUT2D eigenvalue weighted by molar-refractivity contribution is 0.0696. The smallest absolute Gasteiger partial charge is 0.337 e. The number of aromatic nitrogens is 1. The van der Waals surface area contributed by atoms with E-state index >= 15 is 0 Å². The number of fused-ring (bicyclic) bond motifs is 1. The van der Waals surface area contributed by atoms with E-state index in [4.69, 9.17) is 5.11 Å². The summed E-state index contributed by atoms with van der Waals surface area (Å²) in [6.45, 7) is 0.596. The van der Waals surface area contributed by atoms with Crippen LogP contribution in [0.1, 0.15) is 33.6 Å². The number of hydrogen-bond acceptors (Lipinski definition) is 3. The SMILES string of the molecule is O=C(O)c1ccc(CNc2ccc3c(c2)CCC3)nc1. The third kappa shape index (κ3) is 2.64. The van der Waals surface area contributed by atoms with Crippen LogP contribution in [0.25, 0.3) is 0 Å². The molecule has 1 aliphatic rings. The Hall–Kier alpha value is -2.36. The quantitative estimate of drug-likeness (QED) is 0.895. The third-order valence-electron chi connectivity index (χ3n) is 3.64. The Morgan fingerprint density at radius 1 is 1.20 bits per heavy atom. The zero-order chi connectivity index (χ0) is 13.9. The van der Waals surface area contributed by atoms with Gasteiger partial charge in [-0.25, -0.2) is 4.79 Å². The number of nitrogens with zero attached hydrogens (tertiary/aromatic N) is 1. The van der Waals surface area contributed by atoms with Gasteiger partial charge in [0, 0.05) is 11.9 Å². The molecule has 4 nitrogen and oxygen atoms in total. The molecule has 0 fully saturated rings. The fourth-order valence-electron chi connectivity index (χ4n) is 2.53. The summed E-state index contributed by atoms with van der Waals surface area (Å²) in [5.41, 5.74) is 5.03. The second-order valence-electron chi connectivity index (χ2n) is 5.03. The van der Waals surface area contributed by atoms with Crippen LogP contribution in [-0.4, -0.2) is 16.1 Å². The third-order valence-corrected chi connectivity index (χ3v) is 3.64. The fraction of sp³-hybridized carbons (Fsp3) is 0.250. The Morgan fingerprint density at radius 3 is 2.80 bits per heavy atom. The second-order valence-corrected chi connectivity index (χ2v) is 5.03. The van der Waals surface area contributed by atoms with Gasteiger partial charge < -0.3 is 10.4 Å². The number of rotatable bonds is 4. The van der Waals surface area contributed by atoms with Gasteiger partial charge in [0.05, 0.1) is 17.8 Å². The number of nitrogens with one attached hydrogen (secondary N) is 1. The molecule has 0 saturated heterocycles. The maximum absolute atomic E-state index is 10.7. The summed E-state index contributed by atoms with van der Waals surface area (Å²) in [5.74, 6) is -0.948. The summed E-state index contributed by atoms with van der Waals surface area (Å²) in [7, 11) is 0. The van der Waals surface area contributed by atoms with Crippen molar-refractivity contribution in [3.8, 4) is 0 Å². The molecule has 0 bridgehead atoms. The molecular formula is C16H16N2O2. The van der Waals surface area contributed by atoms with Crippen LogP contribution in [0.2, 0.25) is 0 Å². The maximum atomic E-state index is 10.7. The molecule has 0 saturated carbocycles. The monoisotopic (exact) mass is 268 g/mol. The molecule has 1 aromatic carbocycles. The van der Waals surface area contributed by atoms with E-state index in [0.29, 0.717) is 6.54 Å². The van der Waals surface area contributed by atoms with Crippen molar-refractivity contribution < 1.29 is 9.90 Å². The molecule has 0 amide bonds.